The predicted molar refractivity (Wildman–Crippen MR) is 140 cm³/mol. The molecule has 11 heteroatoms. The lowest BCUT2D eigenvalue weighted by molar-refractivity contribution is -0.0505. The monoisotopic (exact) mass is 531 g/mol. The molecule has 200 valence electrons. The Labute approximate surface area is 223 Å². The number of likely N-dealkylation sites (N-methyl/N-ethyl adjacent to an activating group) is 1. The molecule has 2 atom stereocenters. The zero-order valence-electron chi connectivity index (χ0n) is 21.6. The number of hydrogen-bond acceptors (Lipinski definition) is 7. The number of carbonyl (C=O) groups is 1. The zero-order chi connectivity index (χ0) is 26.8. The molecule has 4 aromatic rings. The molecule has 1 amide bonds. The van der Waals surface area contributed by atoms with Crippen LogP contribution < -0.4 is 9.64 Å². The second-order valence-electron chi connectivity index (χ2n) is 10.4. The van der Waals surface area contributed by atoms with Crippen molar-refractivity contribution in [3.05, 3.63) is 71.3 Å². The molecule has 3 aliphatic rings. The van der Waals surface area contributed by atoms with Gasteiger partial charge in [0, 0.05) is 80.0 Å². The topological polar surface area (TPSA) is 79.1 Å². The van der Waals surface area contributed by atoms with Gasteiger partial charge in [-0.25, -0.2) is 14.5 Å². The second-order valence-corrected chi connectivity index (χ2v) is 10.4. The van der Waals surface area contributed by atoms with E-state index < -0.39 is 6.61 Å². The van der Waals surface area contributed by atoms with Crippen molar-refractivity contribution in [2.75, 3.05) is 45.2 Å². The van der Waals surface area contributed by atoms with E-state index in [2.05, 4.69) is 26.8 Å². The molecular weight excluding hydrogens is 504 g/mol. The van der Waals surface area contributed by atoms with E-state index in [0.717, 1.165) is 60.0 Å². The number of pyridine rings is 1. The Morgan fingerprint density at radius 1 is 1.00 bits per heavy atom. The van der Waals surface area contributed by atoms with E-state index in [0.29, 0.717) is 17.5 Å². The van der Waals surface area contributed by atoms with Gasteiger partial charge in [0.2, 0.25) is 5.95 Å². The Bertz CT molecular complexity index is 1580. The minimum absolute atomic E-state index is 0.0335. The van der Waals surface area contributed by atoms with Gasteiger partial charge in [-0.1, -0.05) is 6.07 Å². The van der Waals surface area contributed by atoms with E-state index in [4.69, 9.17) is 9.84 Å². The second kappa shape index (κ2) is 8.98. The average Bonchev–Trinajstić information content (AvgIpc) is 3.46. The van der Waals surface area contributed by atoms with Crippen molar-refractivity contribution in [2.45, 2.75) is 25.0 Å². The first-order chi connectivity index (χ1) is 18.9. The molecule has 1 aliphatic carbocycles. The first-order valence-electron chi connectivity index (χ1n) is 13.0. The van der Waals surface area contributed by atoms with Gasteiger partial charge in [-0.05, 0) is 43.3 Å². The van der Waals surface area contributed by atoms with Crippen LogP contribution >= 0.6 is 0 Å². The van der Waals surface area contributed by atoms with Gasteiger partial charge in [-0.2, -0.15) is 13.9 Å². The fourth-order valence-electron chi connectivity index (χ4n) is 6.18. The number of halogens is 2. The molecule has 0 saturated carbocycles. The van der Waals surface area contributed by atoms with Crippen LogP contribution in [-0.4, -0.2) is 82.2 Å². The van der Waals surface area contributed by atoms with Gasteiger partial charge < -0.3 is 19.4 Å². The van der Waals surface area contributed by atoms with Crippen molar-refractivity contribution in [1.29, 1.82) is 0 Å². The fraction of sp³-hybridized carbons (Fsp3) is 0.357. The molecule has 3 aromatic heterocycles. The summed E-state index contributed by atoms with van der Waals surface area (Å²) in [6.45, 7) is 0.743. The lowest BCUT2D eigenvalue weighted by Gasteiger charge is -2.32. The Morgan fingerprint density at radius 3 is 2.51 bits per heavy atom. The number of benzene rings is 1. The van der Waals surface area contributed by atoms with Crippen LogP contribution in [0, 0.1) is 0 Å². The van der Waals surface area contributed by atoms with Crippen LogP contribution in [0.3, 0.4) is 0 Å². The van der Waals surface area contributed by atoms with Crippen molar-refractivity contribution in [1.82, 2.24) is 29.4 Å². The number of aromatic nitrogens is 4. The van der Waals surface area contributed by atoms with Crippen LogP contribution in [-0.2, 0) is 0 Å². The highest BCUT2D eigenvalue weighted by Gasteiger charge is 2.46. The standard InChI is InChI=1S/C28H27F2N7O2/c1-34-8-10-36(11-9-34)28-31-14-17(15-32-28)16-6-7-37-20(12-16)24-19-13-21(25(24)33-37)35(2)26(38)18-4-3-5-22(23(18)19)39-27(29)30/h3-7,12,14-15,19,21,27H,8-11,13H2,1-2H3/t19-,21-/m1/s1. The van der Waals surface area contributed by atoms with Crippen LogP contribution in [0.2, 0.25) is 0 Å². The van der Waals surface area contributed by atoms with Crippen LogP contribution in [0.5, 0.6) is 5.75 Å². The third-order valence-corrected chi connectivity index (χ3v) is 8.23. The Morgan fingerprint density at radius 2 is 1.77 bits per heavy atom. The van der Waals surface area contributed by atoms with Crippen LogP contribution in [0.25, 0.3) is 16.6 Å². The van der Waals surface area contributed by atoms with E-state index in [-0.39, 0.29) is 23.6 Å². The number of alkyl halides is 2. The van der Waals surface area contributed by atoms with Crippen molar-refractivity contribution in [2.24, 2.45) is 0 Å². The lowest BCUT2D eigenvalue weighted by atomic mass is 9.88. The smallest absolute Gasteiger partial charge is 0.387 e. The third-order valence-electron chi connectivity index (χ3n) is 8.23. The van der Waals surface area contributed by atoms with E-state index in [9.17, 15) is 13.6 Å². The largest absolute Gasteiger partial charge is 0.434 e. The van der Waals surface area contributed by atoms with Gasteiger partial charge in [0.1, 0.15) is 5.75 Å². The molecule has 2 bridgehead atoms. The predicted octanol–water partition coefficient (Wildman–Crippen LogP) is 3.81. The molecule has 39 heavy (non-hydrogen) atoms. The van der Waals surface area contributed by atoms with E-state index >= 15 is 0 Å². The maximum Gasteiger partial charge on any atom is 0.387 e. The minimum atomic E-state index is -2.99. The summed E-state index contributed by atoms with van der Waals surface area (Å²) in [5.41, 5.74) is 5.26. The SMILES string of the molecule is CN1CCN(c2ncc(-c3ccn4nc5c(c4c3)[C@@H]3C[C@H]5N(C)C(=O)c4cccc(OC(F)F)c43)cn2)CC1. The Hall–Kier alpha value is -4.12. The number of ether oxygens (including phenoxy) is 1. The van der Waals surface area contributed by atoms with E-state index in [1.54, 1.807) is 28.6 Å². The third kappa shape index (κ3) is 3.82. The molecule has 9 nitrogen and oxygen atoms in total. The van der Waals surface area contributed by atoms with Crippen molar-refractivity contribution < 1.29 is 18.3 Å². The molecule has 2 aliphatic heterocycles. The molecule has 1 fully saturated rings. The summed E-state index contributed by atoms with van der Waals surface area (Å²) >= 11 is 0. The number of rotatable bonds is 4. The molecule has 0 N–H and O–H groups in total. The summed E-state index contributed by atoms with van der Waals surface area (Å²) in [5, 5.41) is 4.83. The summed E-state index contributed by atoms with van der Waals surface area (Å²) in [6, 6.07) is 8.51. The summed E-state index contributed by atoms with van der Waals surface area (Å²) < 4.78 is 33.4. The first kappa shape index (κ1) is 24.0. The average molecular weight is 532 g/mol. The van der Waals surface area contributed by atoms with Gasteiger partial charge >= 0.3 is 6.61 Å². The molecule has 1 aromatic carbocycles. The Kier molecular flexibility index (Phi) is 5.51. The van der Waals surface area contributed by atoms with Gasteiger partial charge in [-0.3, -0.25) is 4.79 Å². The van der Waals surface area contributed by atoms with Gasteiger partial charge in [-0.15, -0.1) is 0 Å². The van der Waals surface area contributed by atoms with E-state index in [1.807, 2.05) is 30.7 Å². The van der Waals surface area contributed by atoms with Gasteiger partial charge in [0.15, 0.2) is 0 Å². The van der Waals surface area contributed by atoms with Gasteiger partial charge in [0.25, 0.3) is 5.91 Å². The maximum absolute atomic E-state index is 13.4. The number of amides is 1. The van der Waals surface area contributed by atoms with Crippen LogP contribution in [0.1, 0.15) is 45.6 Å². The van der Waals surface area contributed by atoms with Crippen molar-refractivity contribution in [3.8, 4) is 16.9 Å². The molecule has 0 radical (unpaired) electrons. The van der Waals surface area contributed by atoms with Gasteiger partial charge in [0.05, 0.1) is 17.3 Å². The molecule has 0 unspecified atom stereocenters. The highest BCUT2D eigenvalue weighted by Crippen LogP contribution is 2.53. The van der Waals surface area contributed by atoms with E-state index in [1.165, 1.54) is 6.07 Å². The number of fused-ring (bicyclic) bond motifs is 9. The van der Waals surface area contributed by atoms with Crippen LogP contribution in [0.4, 0.5) is 14.7 Å². The molecule has 1 saturated heterocycles. The molecule has 7 rings (SSSR count). The Balaban J connectivity index is 1.31. The van der Waals surface area contributed by atoms with Crippen molar-refractivity contribution in [3.63, 3.8) is 0 Å². The fourth-order valence-corrected chi connectivity index (χ4v) is 6.18. The van der Waals surface area contributed by atoms with Crippen LogP contribution in [0.15, 0.2) is 48.9 Å². The summed E-state index contributed by atoms with van der Waals surface area (Å²) in [4.78, 5) is 28.7. The number of nitrogens with zero attached hydrogens (tertiary/aromatic N) is 7. The normalized spacial score (nSPS) is 20.9. The highest BCUT2D eigenvalue weighted by molar-refractivity contribution is 5.98. The molecule has 5 heterocycles. The highest BCUT2D eigenvalue weighted by atomic mass is 19.3. The molecular formula is C28H27F2N7O2. The quantitative estimate of drug-likeness (QED) is 0.396. The lowest BCUT2D eigenvalue weighted by Crippen LogP contribution is -2.45. The number of piperazine rings is 1. The summed E-state index contributed by atoms with van der Waals surface area (Å²) in [7, 11) is 3.85. The maximum atomic E-state index is 13.4. The first-order valence-corrected chi connectivity index (χ1v) is 13.0. The summed E-state index contributed by atoms with van der Waals surface area (Å²) in [5.74, 6) is 0.218. The minimum Gasteiger partial charge on any atom is -0.434 e. The number of carbonyl (C=O) groups excluding carboxylic acids is 1. The summed E-state index contributed by atoms with van der Waals surface area (Å²) in [6.07, 6.45) is 6.11. The van der Waals surface area contributed by atoms with Crippen molar-refractivity contribution >= 4 is 17.4 Å². The zero-order valence-corrected chi connectivity index (χ0v) is 21.6. The number of anilines is 1. The molecule has 0 spiro atoms. The number of hydrogen-bond donors (Lipinski definition) is 0.